The third-order valence-electron chi connectivity index (χ3n) is 6.40. The van der Waals surface area contributed by atoms with Crippen molar-refractivity contribution in [3.8, 4) is 0 Å². The summed E-state index contributed by atoms with van der Waals surface area (Å²) in [4.78, 5) is 34.5. The molecule has 2 amide bonds. The molecular weight excluding hydrogens is 486 g/mol. The van der Waals surface area contributed by atoms with Crippen molar-refractivity contribution in [1.82, 2.24) is 4.90 Å². The van der Waals surface area contributed by atoms with E-state index < -0.39 is 5.91 Å². The minimum Gasteiger partial charge on any atom is -0.363 e. The number of imide groups is 1. The van der Waals surface area contributed by atoms with Crippen LogP contribution in [0.4, 0.5) is 5.00 Å². The maximum atomic E-state index is 13.4. The van der Waals surface area contributed by atoms with E-state index in [9.17, 15) is 9.59 Å². The molecule has 0 aromatic carbocycles. The summed E-state index contributed by atoms with van der Waals surface area (Å²) in [6.45, 7) is 16.0. The maximum absolute atomic E-state index is 13.4. The van der Waals surface area contributed by atoms with Crippen molar-refractivity contribution in [3.63, 3.8) is 0 Å². The molecule has 2 aliphatic heterocycles. The molecule has 2 aliphatic rings. The minimum atomic E-state index is -0.448. The molecule has 0 bridgehead atoms. The van der Waals surface area contributed by atoms with Gasteiger partial charge in [-0.3, -0.25) is 14.5 Å². The molecule has 1 saturated heterocycles. The third-order valence-corrected chi connectivity index (χ3v) is 8.41. The van der Waals surface area contributed by atoms with Crippen LogP contribution in [0.15, 0.2) is 27.4 Å². The zero-order valence-electron chi connectivity index (χ0n) is 19.2. The molecule has 1 aromatic rings. The SMILES string of the molecule is [C-]#[N+]C1=C(C)/C(=C\c2cc(Br)c(N3CCCCC3)s2)C(=O)N(CC(CC)CCCC)C1=O. The monoisotopic (exact) mass is 517 g/mol. The number of nitrogens with zero attached hydrogens (tertiary/aromatic N) is 3. The zero-order valence-corrected chi connectivity index (χ0v) is 21.6. The molecule has 172 valence electrons. The van der Waals surface area contributed by atoms with Crippen LogP contribution in [-0.4, -0.2) is 36.3 Å². The van der Waals surface area contributed by atoms with Crippen LogP contribution in [0.1, 0.15) is 70.6 Å². The molecule has 5 nitrogen and oxygen atoms in total. The molecule has 1 atom stereocenters. The summed E-state index contributed by atoms with van der Waals surface area (Å²) in [6.07, 6.45) is 9.58. The predicted octanol–water partition coefficient (Wildman–Crippen LogP) is 6.66. The number of carbonyl (C=O) groups excluding carboxylic acids is 2. The van der Waals surface area contributed by atoms with E-state index in [0.29, 0.717) is 17.7 Å². The Morgan fingerprint density at radius 2 is 1.94 bits per heavy atom. The average Bonchev–Trinajstić information content (AvgIpc) is 3.17. The smallest absolute Gasteiger partial charge is 0.260 e. The molecule has 1 aromatic heterocycles. The second-order valence-corrected chi connectivity index (χ2v) is 10.5. The Labute approximate surface area is 204 Å². The predicted molar refractivity (Wildman–Crippen MR) is 135 cm³/mol. The molecule has 3 rings (SSSR count). The van der Waals surface area contributed by atoms with Gasteiger partial charge in [0.15, 0.2) is 0 Å². The summed E-state index contributed by atoms with van der Waals surface area (Å²) in [7, 11) is 0. The molecule has 0 radical (unpaired) electrons. The fourth-order valence-corrected chi connectivity index (χ4v) is 6.30. The van der Waals surface area contributed by atoms with Crippen molar-refractivity contribution in [2.24, 2.45) is 5.92 Å². The first kappa shape index (κ1) is 24.7. The quantitative estimate of drug-likeness (QED) is 0.220. The fourth-order valence-electron chi connectivity index (χ4n) is 4.36. The van der Waals surface area contributed by atoms with Gasteiger partial charge >= 0.3 is 0 Å². The van der Waals surface area contributed by atoms with E-state index >= 15 is 0 Å². The second kappa shape index (κ2) is 11.3. The first-order valence-electron chi connectivity index (χ1n) is 11.6. The standard InChI is InChI=1S/C25H32BrN3O2S/c1-5-7-11-18(6-2)16-29-23(30)20(17(3)22(27-4)24(29)31)14-19-15-21(26)25(32-19)28-12-9-8-10-13-28/h14-15,18H,5-13,16H2,1-3H3/b20-14+. The normalized spacial score (nSPS) is 19.7. The number of unbranched alkanes of at least 4 members (excludes halogenated alkanes) is 1. The minimum absolute atomic E-state index is 0.0630. The van der Waals surface area contributed by atoms with Crippen molar-refractivity contribution in [3.05, 3.63) is 43.7 Å². The second-order valence-electron chi connectivity index (χ2n) is 8.63. The van der Waals surface area contributed by atoms with E-state index in [0.717, 1.165) is 48.1 Å². The van der Waals surface area contributed by atoms with Crippen molar-refractivity contribution in [2.75, 3.05) is 24.5 Å². The van der Waals surface area contributed by atoms with Gasteiger partial charge in [0.2, 0.25) is 0 Å². The number of carbonyl (C=O) groups is 2. The molecule has 1 unspecified atom stereocenters. The topological polar surface area (TPSA) is 45.0 Å². The van der Waals surface area contributed by atoms with Gasteiger partial charge in [-0.05, 0) is 72.2 Å². The Bertz CT molecular complexity index is 966. The van der Waals surface area contributed by atoms with Gasteiger partial charge in [-0.25, -0.2) is 4.85 Å². The van der Waals surface area contributed by atoms with Gasteiger partial charge < -0.3 is 4.90 Å². The molecule has 0 saturated carbocycles. The largest absolute Gasteiger partial charge is 0.363 e. The van der Waals surface area contributed by atoms with Crippen LogP contribution in [0.5, 0.6) is 0 Å². The van der Waals surface area contributed by atoms with Gasteiger partial charge in [0.25, 0.3) is 17.5 Å². The van der Waals surface area contributed by atoms with Gasteiger partial charge in [0.1, 0.15) is 5.00 Å². The highest BCUT2D eigenvalue weighted by Crippen LogP contribution is 2.39. The number of thiophene rings is 1. The van der Waals surface area contributed by atoms with Gasteiger partial charge in [-0.2, -0.15) is 0 Å². The fraction of sp³-hybridized carbons (Fsp3) is 0.560. The Kier molecular flexibility index (Phi) is 8.72. The van der Waals surface area contributed by atoms with E-state index in [1.165, 1.54) is 29.2 Å². The first-order valence-corrected chi connectivity index (χ1v) is 13.2. The van der Waals surface area contributed by atoms with Gasteiger partial charge in [0, 0.05) is 30.1 Å². The maximum Gasteiger partial charge on any atom is 0.260 e. The van der Waals surface area contributed by atoms with Crippen LogP contribution in [-0.2, 0) is 9.59 Å². The molecule has 0 aliphatic carbocycles. The molecular formula is C25H32BrN3O2S. The highest BCUT2D eigenvalue weighted by atomic mass is 79.9. The van der Waals surface area contributed by atoms with Gasteiger partial charge in [0.05, 0.1) is 11.0 Å². The van der Waals surface area contributed by atoms with E-state index in [-0.39, 0.29) is 17.5 Å². The lowest BCUT2D eigenvalue weighted by Crippen LogP contribution is -2.44. The van der Waals surface area contributed by atoms with Gasteiger partial charge in [-0.15, -0.1) is 11.3 Å². The Balaban J connectivity index is 1.93. The number of halogens is 1. The molecule has 0 N–H and O–H groups in total. The van der Waals surface area contributed by atoms with Crippen molar-refractivity contribution in [2.45, 2.75) is 65.7 Å². The molecule has 1 fully saturated rings. The summed E-state index contributed by atoms with van der Waals surface area (Å²) in [5.74, 6) is -0.467. The molecule has 32 heavy (non-hydrogen) atoms. The number of rotatable bonds is 8. The van der Waals surface area contributed by atoms with E-state index in [1.807, 2.05) is 12.1 Å². The number of amides is 2. The van der Waals surface area contributed by atoms with E-state index in [2.05, 4.69) is 39.5 Å². The van der Waals surface area contributed by atoms with Crippen molar-refractivity contribution >= 4 is 50.2 Å². The van der Waals surface area contributed by atoms with E-state index in [1.54, 1.807) is 18.3 Å². The van der Waals surface area contributed by atoms with Crippen LogP contribution in [0.3, 0.4) is 0 Å². The van der Waals surface area contributed by atoms with Crippen LogP contribution in [0.25, 0.3) is 10.9 Å². The molecule has 7 heteroatoms. The summed E-state index contributed by atoms with van der Waals surface area (Å²) >= 11 is 5.34. The summed E-state index contributed by atoms with van der Waals surface area (Å²) < 4.78 is 1.03. The number of hydrogen-bond acceptors (Lipinski definition) is 4. The summed E-state index contributed by atoms with van der Waals surface area (Å²) in [5.41, 5.74) is 1.00. The Morgan fingerprint density at radius 3 is 2.56 bits per heavy atom. The third kappa shape index (κ3) is 5.35. The molecule has 0 spiro atoms. The van der Waals surface area contributed by atoms with E-state index in [4.69, 9.17) is 6.57 Å². The lowest BCUT2D eigenvalue weighted by Gasteiger charge is -2.30. The summed E-state index contributed by atoms with van der Waals surface area (Å²) in [5, 5.41) is 1.19. The highest BCUT2D eigenvalue weighted by Gasteiger charge is 2.36. The lowest BCUT2D eigenvalue weighted by molar-refractivity contribution is -0.141. The van der Waals surface area contributed by atoms with Crippen LogP contribution in [0, 0.1) is 12.5 Å². The van der Waals surface area contributed by atoms with Crippen LogP contribution >= 0.6 is 27.3 Å². The number of piperidine rings is 1. The zero-order chi connectivity index (χ0) is 23.3. The summed E-state index contributed by atoms with van der Waals surface area (Å²) in [6, 6.07) is 2.04. The Morgan fingerprint density at radius 1 is 1.22 bits per heavy atom. The first-order chi connectivity index (χ1) is 15.4. The lowest BCUT2D eigenvalue weighted by atomic mass is 9.94. The average molecular weight is 519 g/mol. The highest BCUT2D eigenvalue weighted by molar-refractivity contribution is 9.10. The van der Waals surface area contributed by atoms with Crippen molar-refractivity contribution in [1.29, 1.82) is 0 Å². The molecule has 3 heterocycles. The Hall–Kier alpha value is -1.91. The van der Waals surface area contributed by atoms with Gasteiger partial charge in [-0.1, -0.05) is 33.1 Å². The number of anilines is 1. The van der Waals surface area contributed by atoms with Crippen LogP contribution < -0.4 is 4.90 Å². The number of hydrogen-bond donors (Lipinski definition) is 0. The van der Waals surface area contributed by atoms with Crippen molar-refractivity contribution < 1.29 is 9.59 Å². The van der Waals surface area contributed by atoms with Crippen LogP contribution in [0.2, 0.25) is 0 Å².